The summed E-state index contributed by atoms with van der Waals surface area (Å²) in [4.78, 5) is 50.3. The van der Waals surface area contributed by atoms with Crippen LogP contribution in [-0.4, -0.2) is 35.7 Å². The lowest BCUT2D eigenvalue weighted by Crippen LogP contribution is -2.24. The van der Waals surface area contributed by atoms with Gasteiger partial charge in [-0.2, -0.15) is 0 Å². The molecule has 0 aliphatic heterocycles. The third-order valence-corrected chi connectivity index (χ3v) is 8.79. The number of aromatic amines is 1. The Morgan fingerprint density at radius 1 is 0.702 bits per heavy atom. The lowest BCUT2D eigenvalue weighted by atomic mass is 10.1. The minimum Gasteiger partial charge on any atom is -0.469 e. The zero-order valence-corrected chi connectivity index (χ0v) is 29.7. The first-order valence-corrected chi connectivity index (χ1v) is 17.1. The van der Waals surface area contributed by atoms with Gasteiger partial charge in [-0.1, -0.05) is 62.2 Å². The molecular weight excluding hydrogens is 728 g/mol. The van der Waals surface area contributed by atoms with Gasteiger partial charge in [0.15, 0.2) is 0 Å². The van der Waals surface area contributed by atoms with Crippen molar-refractivity contribution in [3.8, 4) is 0 Å². The number of pyridine rings is 2. The zero-order valence-electron chi connectivity index (χ0n) is 26.5. The van der Waals surface area contributed by atoms with E-state index in [0.29, 0.717) is 30.2 Å². The highest BCUT2D eigenvalue weighted by Crippen LogP contribution is 2.21. The predicted molar refractivity (Wildman–Crippen MR) is 193 cm³/mol. The molecular formula is C37H38Br2N2O6. The fourth-order valence-corrected chi connectivity index (χ4v) is 6.08. The summed E-state index contributed by atoms with van der Waals surface area (Å²) in [7, 11) is 2.79. The molecule has 1 N–H and O–H groups in total. The number of unbranched alkanes of at least 4 members (excludes halogenated alkanes) is 2. The summed E-state index contributed by atoms with van der Waals surface area (Å²) in [6.07, 6.45) is 5.45. The first kappa shape index (κ1) is 35.8. The maximum Gasteiger partial charge on any atom is 0.305 e. The monoisotopic (exact) mass is 764 g/mol. The van der Waals surface area contributed by atoms with E-state index in [0.717, 1.165) is 75.2 Å². The molecule has 47 heavy (non-hydrogen) atoms. The van der Waals surface area contributed by atoms with Crippen LogP contribution in [0.25, 0.3) is 21.5 Å². The number of carbonyl (C=O) groups excluding carboxylic acids is 2. The largest absolute Gasteiger partial charge is 0.469 e. The normalized spacial score (nSPS) is 10.8. The number of fused-ring (bicyclic) bond motifs is 2. The lowest BCUT2D eigenvalue weighted by molar-refractivity contribution is -0.141. The van der Waals surface area contributed by atoms with Gasteiger partial charge in [-0.3, -0.25) is 19.2 Å². The van der Waals surface area contributed by atoms with Gasteiger partial charge in [0.1, 0.15) is 0 Å². The molecule has 0 aliphatic carbocycles. The number of hydrogen-bond acceptors (Lipinski definition) is 6. The van der Waals surface area contributed by atoms with Crippen LogP contribution in [0, 0.1) is 0 Å². The zero-order chi connectivity index (χ0) is 33.8. The average molecular weight is 767 g/mol. The molecule has 10 heteroatoms. The number of nitrogens with zero attached hydrogens (tertiary/aromatic N) is 1. The van der Waals surface area contributed by atoms with Crippen LogP contribution >= 0.6 is 31.9 Å². The van der Waals surface area contributed by atoms with Crippen molar-refractivity contribution in [1.82, 2.24) is 9.55 Å². The fraction of sp³-hybridized carbons (Fsp3) is 0.297. The highest BCUT2D eigenvalue weighted by molar-refractivity contribution is 9.10. The highest BCUT2D eigenvalue weighted by atomic mass is 79.9. The van der Waals surface area contributed by atoms with Crippen LogP contribution < -0.4 is 11.1 Å². The van der Waals surface area contributed by atoms with Crippen LogP contribution in [0.3, 0.4) is 0 Å². The Morgan fingerprint density at radius 2 is 1.28 bits per heavy atom. The molecule has 2 aromatic heterocycles. The van der Waals surface area contributed by atoms with Gasteiger partial charge in [-0.05, 0) is 103 Å². The van der Waals surface area contributed by atoms with Crippen molar-refractivity contribution >= 4 is 65.3 Å². The van der Waals surface area contributed by atoms with E-state index in [2.05, 4.69) is 47.6 Å². The maximum absolute atomic E-state index is 13.1. The standard InChI is InChI=1S/C22H22BrNO3.C15H16BrNO3/c1-27-21(25)10-6-5-9-19-14-17-13-18(23)11-12-20(17)22(26)24(19)15-16-7-3-2-4-8-16;1-20-14(18)5-3-2-4-12-9-10-8-11(16)6-7-13(10)15(19)17-12/h2-4,7-8,11-14H,5-6,9-10,15H2,1H3;6-9H,2-5H2,1H3,(H,17,19). The number of methoxy groups -OCH3 is 2. The van der Waals surface area contributed by atoms with Crippen molar-refractivity contribution in [3.05, 3.63) is 125 Å². The van der Waals surface area contributed by atoms with Gasteiger partial charge in [-0.15, -0.1) is 0 Å². The van der Waals surface area contributed by atoms with E-state index in [1.54, 1.807) is 6.07 Å². The molecule has 246 valence electrons. The number of H-pyrrole nitrogens is 1. The summed E-state index contributed by atoms with van der Waals surface area (Å²) in [5, 5.41) is 3.26. The molecule has 5 aromatic rings. The van der Waals surface area contributed by atoms with Crippen molar-refractivity contribution in [1.29, 1.82) is 0 Å². The Balaban J connectivity index is 0.000000223. The van der Waals surface area contributed by atoms with E-state index in [1.165, 1.54) is 14.2 Å². The SMILES string of the molecule is COC(=O)CCCCc1cc2cc(Br)ccc2c(=O)[nH]1.COC(=O)CCCCc1cc2cc(Br)ccc2c(=O)n1Cc1ccccc1. The Morgan fingerprint density at radius 3 is 1.89 bits per heavy atom. The Labute approximate surface area is 290 Å². The molecule has 0 saturated heterocycles. The first-order chi connectivity index (χ1) is 22.7. The van der Waals surface area contributed by atoms with Gasteiger partial charge >= 0.3 is 11.9 Å². The Hall–Kier alpha value is -4.02. The molecule has 5 rings (SSSR count). The number of esters is 2. The van der Waals surface area contributed by atoms with E-state index >= 15 is 0 Å². The van der Waals surface area contributed by atoms with E-state index < -0.39 is 0 Å². The van der Waals surface area contributed by atoms with Crippen LogP contribution in [0.2, 0.25) is 0 Å². The number of aryl methyl sites for hydroxylation is 2. The number of halogens is 2. The second-order valence-electron chi connectivity index (χ2n) is 11.2. The molecule has 8 nitrogen and oxygen atoms in total. The van der Waals surface area contributed by atoms with Crippen LogP contribution in [0.1, 0.15) is 55.5 Å². The minimum atomic E-state index is -0.195. The van der Waals surface area contributed by atoms with Gasteiger partial charge in [0.25, 0.3) is 11.1 Å². The molecule has 0 bridgehead atoms. The molecule has 3 aromatic carbocycles. The molecule has 0 fully saturated rings. The summed E-state index contributed by atoms with van der Waals surface area (Å²) in [6, 6.07) is 25.4. The maximum atomic E-state index is 13.1. The summed E-state index contributed by atoms with van der Waals surface area (Å²) in [5.74, 6) is -0.389. The molecule has 0 spiro atoms. The second kappa shape index (κ2) is 17.8. The number of rotatable bonds is 12. The smallest absolute Gasteiger partial charge is 0.305 e. The van der Waals surface area contributed by atoms with Crippen LogP contribution in [-0.2, 0) is 38.4 Å². The third-order valence-electron chi connectivity index (χ3n) is 7.80. The van der Waals surface area contributed by atoms with E-state index in [1.807, 2.05) is 71.3 Å². The number of benzene rings is 3. The number of nitrogens with one attached hydrogen (secondary N) is 1. The quantitative estimate of drug-likeness (QED) is 0.102. The summed E-state index contributed by atoms with van der Waals surface area (Å²) in [6.45, 7) is 0.540. The van der Waals surface area contributed by atoms with Crippen LogP contribution in [0.15, 0.2) is 97.4 Å². The van der Waals surface area contributed by atoms with Gasteiger partial charge in [-0.25, -0.2) is 0 Å². The summed E-state index contributed by atoms with van der Waals surface area (Å²) >= 11 is 6.89. The van der Waals surface area contributed by atoms with E-state index in [9.17, 15) is 19.2 Å². The molecule has 0 atom stereocenters. The van der Waals surface area contributed by atoms with Gasteiger partial charge in [0.2, 0.25) is 0 Å². The van der Waals surface area contributed by atoms with Crippen molar-refractivity contribution in [2.24, 2.45) is 0 Å². The number of hydrogen-bond donors (Lipinski definition) is 1. The summed E-state index contributed by atoms with van der Waals surface area (Å²) in [5.41, 5.74) is 2.92. The summed E-state index contributed by atoms with van der Waals surface area (Å²) < 4.78 is 13.0. The minimum absolute atomic E-state index is 0.0202. The second-order valence-corrected chi connectivity index (χ2v) is 13.0. The van der Waals surface area contributed by atoms with Crippen molar-refractivity contribution in [2.45, 2.75) is 57.9 Å². The number of aromatic nitrogens is 2. The number of ether oxygens (including phenoxy) is 2. The third kappa shape index (κ3) is 10.5. The molecule has 0 amide bonds. The Kier molecular flexibility index (Phi) is 13.5. The number of carbonyl (C=O) groups is 2. The van der Waals surface area contributed by atoms with Gasteiger partial charge in [0, 0.05) is 43.9 Å². The highest BCUT2D eigenvalue weighted by Gasteiger charge is 2.11. The van der Waals surface area contributed by atoms with Crippen molar-refractivity contribution in [2.75, 3.05) is 14.2 Å². The van der Waals surface area contributed by atoms with E-state index in [-0.39, 0.29) is 23.1 Å². The van der Waals surface area contributed by atoms with Gasteiger partial charge < -0.3 is 19.0 Å². The molecule has 2 heterocycles. The average Bonchev–Trinajstić information content (AvgIpc) is 3.06. The van der Waals surface area contributed by atoms with Crippen LogP contribution in [0.5, 0.6) is 0 Å². The Bertz CT molecular complexity index is 1950. The topological polar surface area (TPSA) is 107 Å². The fourth-order valence-electron chi connectivity index (χ4n) is 5.32. The lowest BCUT2D eigenvalue weighted by Gasteiger charge is -2.15. The van der Waals surface area contributed by atoms with Crippen molar-refractivity contribution < 1.29 is 19.1 Å². The van der Waals surface area contributed by atoms with Gasteiger partial charge in [0.05, 0.1) is 20.8 Å². The van der Waals surface area contributed by atoms with Crippen LogP contribution in [0.4, 0.5) is 0 Å². The molecule has 0 radical (unpaired) electrons. The van der Waals surface area contributed by atoms with Crippen molar-refractivity contribution in [3.63, 3.8) is 0 Å². The molecule has 0 saturated carbocycles. The first-order valence-electron chi connectivity index (χ1n) is 15.5. The van der Waals surface area contributed by atoms with E-state index in [4.69, 9.17) is 4.74 Å². The molecule has 0 unspecified atom stereocenters. The molecule has 0 aliphatic rings. The predicted octanol–water partition coefficient (Wildman–Crippen LogP) is 7.87.